The summed E-state index contributed by atoms with van der Waals surface area (Å²) in [5.74, 6) is 1.28. The Morgan fingerprint density at radius 2 is 1.78 bits per heavy atom. The molecule has 4 rings (SSSR count). The minimum Gasteiger partial charge on any atom is -0.362 e. The summed E-state index contributed by atoms with van der Waals surface area (Å²) in [7, 11) is 3.95. The molecule has 0 unspecified atom stereocenters. The van der Waals surface area contributed by atoms with Gasteiger partial charge in [0, 0.05) is 37.1 Å². The highest BCUT2D eigenvalue weighted by molar-refractivity contribution is 6.33. The van der Waals surface area contributed by atoms with E-state index in [1.165, 1.54) is 12.1 Å². The minimum absolute atomic E-state index is 0.0683. The Morgan fingerprint density at radius 1 is 1.06 bits per heavy atom. The number of nitrogens with one attached hydrogen (secondary N) is 2. The van der Waals surface area contributed by atoms with Gasteiger partial charge in [0.25, 0.3) is 5.91 Å². The molecule has 1 aliphatic rings. The number of carbonyl (C=O) groups is 1. The van der Waals surface area contributed by atoms with Gasteiger partial charge in [0.05, 0.1) is 10.5 Å². The summed E-state index contributed by atoms with van der Waals surface area (Å²) in [5.41, 5.74) is 1.35. The standard InChI is InChI=1S/C23H25ClN6O2/c1-30(2)21-17-5-3-4-6-19(17)27-23(28-21)26-16-10-8-15(9-11-16)25-22(31)14-7-12-18(24)20(13-14)29-32/h3-7,12-13,15-16H,8-11H2,1-2H3,(H,25,31)(H,26,27,28). The Balaban J connectivity index is 1.37. The zero-order valence-electron chi connectivity index (χ0n) is 18.0. The van der Waals surface area contributed by atoms with Crippen LogP contribution in [0.1, 0.15) is 36.0 Å². The van der Waals surface area contributed by atoms with Gasteiger partial charge in [-0.15, -0.1) is 4.91 Å². The van der Waals surface area contributed by atoms with Gasteiger partial charge in [-0.1, -0.05) is 23.7 Å². The zero-order valence-corrected chi connectivity index (χ0v) is 18.8. The molecule has 0 aliphatic heterocycles. The van der Waals surface area contributed by atoms with Crippen molar-refractivity contribution in [3.8, 4) is 0 Å². The van der Waals surface area contributed by atoms with Gasteiger partial charge in [0.2, 0.25) is 5.95 Å². The molecule has 9 heteroatoms. The molecule has 2 aromatic carbocycles. The maximum absolute atomic E-state index is 12.6. The Kier molecular flexibility index (Phi) is 6.50. The number of para-hydroxylation sites is 1. The molecule has 166 valence electrons. The van der Waals surface area contributed by atoms with Crippen molar-refractivity contribution in [1.82, 2.24) is 15.3 Å². The number of hydrogen-bond acceptors (Lipinski definition) is 7. The van der Waals surface area contributed by atoms with E-state index in [1.807, 2.05) is 43.3 Å². The highest BCUT2D eigenvalue weighted by Gasteiger charge is 2.24. The number of hydrogen-bond donors (Lipinski definition) is 2. The first-order chi connectivity index (χ1) is 15.4. The van der Waals surface area contributed by atoms with E-state index in [1.54, 1.807) is 6.07 Å². The molecule has 0 saturated heterocycles. The topological polar surface area (TPSA) is 99.6 Å². The van der Waals surface area contributed by atoms with Crippen LogP contribution in [-0.2, 0) is 0 Å². The van der Waals surface area contributed by atoms with Crippen LogP contribution in [0.5, 0.6) is 0 Å². The Morgan fingerprint density at radius 3 is 2.50 bits per heavy atom. The first-order valence-corrected chi connectivity index (χ1v) is 11.0. The van der Waals surface area contributed by atoms with Gasteiger partial charge >= 0.3 is 0 Å². The van der Waals surface area contributed by atoms with E-state index in [-0.39, 0.29) is 28.7 Å². The maximum Gasteiger partial charge on any atom is 0.251 e. The summed E-state index contributed by atoms with van der Waals surface area (Å²) in [4.78, 5) is 34.8. The molecule has 8 nitrogen and oxygen atoms in total. The molecule has 1 fully saturated rings. The van der Waals surface area contributed by atoms with Crippen LogP contribution in [0.3, 0.4) is 0 Å². The molecule has 0 radical (unpaired) electrons. The average molecular weight is 453 g/mol. The summed E-state index contributed by atoms with van der Waals surface area (Å²) < 4.78 is 0. The SMILES string of the molecule is CN(C)c1nc(NC2CCC(NC(=O)c3ccc(Cl)c(N=O)c3)CC2)nc2ccccc12. The molecular formula is C23H25ClN6O2. The normalized spacial score (nSPS) is 18.2. The lowest BCUT2D eigenvalue weighted by molar-refractivity contribution is 0.0926. The van der Waals surface area contributed by atoms with Crippen molar-refractivity contribution in [2.24, 2.45) is 5.18 Å². The molecule has 1 amide bonds. The summed E-state index contributed by atoms with van der Waals surface area (Å²) in [6.45, 7) is 0. The predicted octanol–water partition coefficient (Wildman–Crippen LogP) is 4.90. The van der Waals surface area contributed by atoms with Crippen LogP contribution >= 0.6 is 11.6 Å². The molecule has 1 saturated carbocycles. The maximum atomic E-state index is 12.6. The average Bonchev–Trinajstić information content (AvgIpc) is 2.80. The number of fused-ring (bicyclic) bond motifs is 1. The fraction of sp³-hybridized carbons (Fsp3) is 0.348. The van der Waals surface area contributed by atoms with E-state index in [2.05, 4.69) is 20.8 Å². The first kappa shape index (κ1) is 22.0. The van der Waals surface area contributed by atoms with Gasteiger partial charge in [-0.2, -0.15) is 4.98 Å². The van der Waals surface area contributed by atoms with Crippen molar-refractivity contribution in [1.29, 1.82) is 0 Å². The lowest BCUT2D eigenvalue weighted by Gasteiger charge is -2.30. The number of amides is 1. The van der Waals surface area contributed by atoms with Gasteiger partial charge in [-0.25, -0.2) is 4.98 Å². The molecule has 32 heavy (non-hydrogen) atoms. The van der Waals surface area contributed by atoms with Crippen molar-refractivity contribution in [2.75, 3.05) is 24.3 Å². The van der Waals surface area contributed by atoms with E-state index in [4.69, 9.17) is 16.6 Å². The highest BCUT2D eigenvalue weighted by Crippen LogP contribution is 2.28. The monoisotopic (exact) mass is 452 g/mol. The second-order valence-electron chi connectivity index (χ2n) is 8.21. The number of rotatable bonds is 6. The molecule has 1 aromatic heterocycles. The molecule has 0 bridgehead atoms. The smallest absolute Gasteiger partial charge is 0.251 e. The van der Waals surface area contributed by atoms with Gasteiger partial charge < -0.3 is 15.5 Å². The summed E-state index contributed by atoms with van der Waals surface area (Å²) in [5, 5.41) is 10.6. The number of carbonyl (C=O) groups excluding carboxylic acids is 1. The number of benzene rings is 2. The quantitative estimate of drug-likeness (QED) is 0.516. The van der Waals surface area contributed by atoms with Gasteiger partial charge in [-0.3, -0.25) is 4.79 Å². The third-order valence-electron chi connectivity index (χ3n) is 5.71. The highest BCUT2D eigenvalue weighted by atomic mass is 35.5. The lowest BCUT2D eigenvalue weighted by atomic mass is 9.91. The van der Waals surface area contributed by atoms with E-state index < -0.39 is 0 Å². The van der Waals surface area contributed by atoms with Crippen LogP contribution in [0, 0.1) is 4.91 Å². The van der Waals surface area contributed by atoms with E-state index in [0.29, 0.717) is 11.5 Å². The van der Waals surface area contributed by atoms with Crippen LogP contribution in [0.15, 0.2) is 47.6 Å². The van der Waals surface area contributed by atoms with Crippen LogP contribution in [0.2, 0.25) is 5.02 Å². The summed E-state index contributed by atoms with van der Waals surface area (Å²) in [6, 6.07) is 12.8. The molecule has 1 aliphatic carbocycles. The van der Waals surface area contributed by atoms with Crippen LogP contribution in [0.25, 0.3) is 10.9 Å². The molecule has 1 heterocycles. The lowest BCUT2D eigenvalue weighted by Crippen LogP contribution is -2.40. The van der Waals surface area contributed by atoms with Crippen molar-refractivity contribution in [2.45, 2.75) is 37.8 Å². The molecular weight excluding hydrogens is 428 g/mol. The van der Waals surface area contributed by atoms with Gasteiger partial charge in [-0.05, 0) is 61.2 Å². The number of anilines is 2. The number of halogens is 1. The predicted molar refractivity (Wildman–Crippen MR) is 128 cm³/mol. The third kappa shape index (κ3) is 4.80. The van der Waals surface area contributed by atoms with Crippen molar-refractivity contribution in [3.05, 3.63) is 58.0 Å². The van der Waals surface area contributed by atoms with Crippen molar-refractivity contribution < 1.29 is 4.79 Å². The fourth-order valence-corrected chi connectivity index (χ4v) is 4.17. The molecule has 2 N–H and O–H groups in total. The number of nitrogens with zero attached hydrogens (tertiary/aromatic N) is 4. The Labute approximate surface area is 191 Å². The fourth-order valence-electron chi connectivity index (χ4n) is 4.02. The second-order valence-corrected chi connectivity index (χ2v) is 8.61. The van der Waals surface area contributed by atoms with E-state index in [0.717, 1.165) is 42.4 Å². The third-order valence-corrected chi connectivity index (χ3v) is 6.03. The minimum atomic E-state index is -0.225. The van der Waals surface area contributed by atoms with E-state index in [9.17, 15) is 9.70 Å². The Bertz CT molecular complexity index is 1140. The van der Waals surface area contributed by atoms with Crippen molar-refractivity contribution in [3.63, 3.8) is 0 Å². The molecule has 0 spiro atoms. The number of nitroso groups, excluding NO2 is 1. The second kappa shape index (κ2) is 9.48. The first-order valence-electron chi connectivity index (χ1n) is 10.6. The molecule has 0 atom stereocenters. The number of aromatic nitrogens is 2. The largest absolute Gasteiger partial charge is 0.362 e. The zero-order chi connectivity index (χ0) is 22.7. The van der Waals surface area contributed by atoms with Crippen molar-refractivity contribution >= 4 is 45.9 Å². The summed E-state index contributed by atoms with van der Waals surface area (Å²) in [6.07, 6.45) is 3.45. The van der Waals surface area contributed by atoms with Gasteiger partial charge in [0.1, 0.15) is 11.5 Å². The van der Waals surface area contributed by atoms with Crippen LogP contribution in [0.4, 0.5) is 17.5 Å². The van der Waals surface area contributed by atoms with Gasteiger partial charge in [0.15, 0.2) is 0 Å². The Hall–Kier alpha value is -3.26. The van der Waals surface area contributed by atoms with Crippen LogP contribution < -0.4 is 15.5 Å². The molecule has 3 aromatic rings. The van der Waals surface area contributed by atoms with Crippen LogP contribution in [-0.4, -0.2) is 42.1 Å². The van der Waals surface area contributed by atoms with E-state index >= 15 is 0 Å². The summed E-state index contributed by atoms with van der Waals surface area (Å²) >= 11 is 5.89.